The molecular formula is C15H9Cl2F3O2. The SMILES string of the molecule is O=C(c1ccccc1COc1ccc(Cl)cc1Cl)C(F)(F)F. The van der Waals surface area contributed by atoms with Crippen LogP contribution in [0.25, 0.3) is 0 Å². The second kappa shape index (κ2) is 6.58. The number of Topliss-reactive ketones (excluding diaryl/α,β-unsaturated/α-hetero) is 1. The van der Waals surface area contributed by atoms with Gasteiger partial charge < -0.3 is 4.74 Å². The molecule has 0 N–H and O–H groups in total. The van der Waals surface area contributed by atoms with Gasteiger partial charge in [0.2, 0.25) is 0 Å². The number of hydrogen-bond donors (Lipinski definition) is 0. The van der Waals surface area contributed by atoms with Crippen molar-refractivity contribution in [1.29, 1.82) is 0 Å². The second-order valence-corrected chi connectivity index (χ2v) is 5.19. The quantitative estimate of drug-likeness (QED) is 0.699. The fraction of sp³-hybridized carbons (Fsp3) is 0.133. The van der Waals surface area contributed by atoms with Crippen LogP contribution in [0, 0.1) is 0 Å². The number of halogens is 5. The van der Waals surface area contributed by atoms with Crippen LogP contribution in [-0.2, 0) is 6.61 Å². The molecule has 0 aliphatic heterocycles. The lowest BCUT2D eigenvalue weighted by molar-refractivity contribution is -0.0886. The Kier molecular flexibility index (Phi) is 4.98. The van der Waals surface area contributed by atoms with E-state index in [0.29, 0.717) is 5.02 Å². The number of alkyl halides is 3. The third-order valence-electron chi connectivity index (χ3n) is 2.80. The summed E-state index contributed by atoms with van der Waals surface area (Å²) in [4.78, 5) is 11.4. The molecule has 2 nitrogen and oxygen atoms in total. The molecule has 2 aromatic carbocycles. The summed E-state index contributed by atoms with van der Waals surface area (Å²) < 4.78 is 43.1. The summed E-state index contributed by atoms with van der Waals surface area (Å²) in [6, 6.07) is 9.87. The van der Waals surface area contributed by atoms with Gasteiger partial charge in [-0.25, -0.2) is 0 Å². The van der Waals surface area contributed by atoms with Crippen LogP contribution in [-0.4, -0.2) is 12.0 Å². The number of ketones is 1. The van der Waals surface area contributed by atoms with Gasteiger partial charge in [-0.1, -0.05) is 47.5 Å². The molecule has 0 saturated carbocycles. The van der Waals surface area contributed by atoms with Crippen molar-refractivity contribution in [3.05, 3.63) is 63.6 Å². The zero-order valence-corrected chi connectivity index (χ0v) is 12.5. The molecule has 0 aliphatic rings. The largest absolute Gasteiger partial charge is 0.487 e. The van der Waals surface area contributed by atoms with Gasteiger partial charge in [0.25, 0.3) is 5.78 Å². The molecule has 0 aromatic heterocycles. The highest BCUT2D eigenvalue weighted by Crippen LogP contribution is 2.29. The van der Waals surface area contributed by atoms with Crippen molar-refractivity contribution in [2.24, 2.45) is 0 Å². The van der Waals surface area contributed by atoms with Gasteiger partial charge in [-0.05, 0) is 18.2 Å². The average Bonchev–Trinajstić information content (AvgIpc) is 2.45. The van der Waals surface area contributed by atoms with Gasteiger partial charge in [0.05, 0.1) is 5.02 Å². The highest BCUT2D eigenvalue weighted by molar-refractivity contribution is 6.35. The van der Waals surface area contributed by atoms with Crippen LogP contribution in [0.2, 0.25) is 10.0 Å². The van der Waals surface area contributed by atoms with E-state index in [1.165, 1.54) is 36.4 Å². The lowest BCUT2D eigenvalue weighted by Gasteiger charge is -2.12. The fourth-order valence-corrected chi connectivity index (χ4v) is 2.23. The molecule has 2 aromatic rings. The zero-order chi connectivity index (χ0) is 16.3. The summed E-state index contributed by atoms with van der Waals surface area (Å²) in [6.45, 7) is -0.223. The predicted octanol–water partition coefficient (Wildman–Crippen LogP) is 5.32. The maximum Gasteiger partial charge on any atom is 0.454 e. The molecule has 0 spiro atoms. The number of ether oxygens (including phenoxy) is 1. The Morgan fingerprint density at radius 2 is 1.77 bits per heavy atom. The summed E-state index contributed by atoms with van der Waals surface area (Å²) in [5, 5.41) is 0.636. The van der Waals surface area contributed by atoms with E-state index >= 15 is 0 Å². The number of rotatable bonds is 4. The Labute approximate surface area is 134 Å². The lowest BCUT2D eigenvalue weighted by Crippen LogP contribution is -2.24. The molecule has 22 heavy (non-hydrogen) atoms. The molecular weight excluding hydrogens is 340 g/mol. The fourth-order valence-electron chi connectivity index (χ4n) is 1.77. The standard InChI is InChI=1S/C15H9Cl2F3O2/c16-10-5-6-13(12(17)7-10)22-8-9-3-1-2-4-11(9)14(21)15(18,19)20/h1-7H,8H2. The van der Waals surface area contributed by atoms with Crippen molar-refractivity contribution in [2.75, 3.05) is 0 Å². The molecule has 0 fully saturated rings. The van der Waals surface area contributed by atoms with E-state index in [1.54, 1.807) is 0 Å². The molecule has 116 valence electrons. The third-order valence-corrected chi connectivity index (χ3v) is 3.33. The average molecular weight is 349 g/mol. The van der Waals surface area contributed by atoms with Crippen LogP contribution >= 0.6 is 23.2 Å². The Bertz CT molecular complexity index is 699. The third kappa shape index (κ3) is 3.93. The van der Waals surface area contributed by atoms with Crippen molar-refractivity contribution in [3.8, 4) is 5.75 Å². The molecule has 0 radical (unpaired) electrons. The summed E-state index contributed by atoms with van der Waals surface area (Å²) in [5.74, 6) is -1.64. The molecule has 0 bridgehead atoms. The predicted molar refractivity (Wildman–Crippen MR) is 77.6 cm³/mol. The van der Waals surface area contributed by atoms with Gasteiger partial charge in [0.1, 0.15) is 12.4 Å². The normalized spacial score (nSPS) is 11.3. The minimum atomic E-state index is -4.94. The maximum absolute atomic E-state index is 12.6. The van der Waals surface area contributed by atoms with Crippen LogP contribution in [0.1, 0.15) is 15.9 Å². The summed E-state index contributed by atoms with van der Waals surface area (Å²) in [6.07, 6.45) is -4.94. The zero-order valence-electron chi connectivity index (χ0n) is 11.0. The van der Waals surface area contributed by atoms with E-state index in [2.05, 4.69) is 0 Å². The van der Waals surface area contributed by atoms with Gasteiger partial charge in [0, 0.05) is 16.1 Å². The minimum Gasteiger partial charge on any atom is -0.487 e. The molecule has 0 atom stereocenters. The number of benzene rings is 2. The number of hydrogen-bond acceptors (Lipinski definition) is 2. The van der Waals surface area contributed by atoms with Crippen molar-refractivity contribution < 1.29 is 22.7 Å². The van der Waals surface area contributed by atoms with E-state index in [4.69, 9.17) is 27.9 Å². The Morgan fingerprint density at radius 1 is 1.09 bits per heavy atom. The summed E-state index contributed by atoms with van der Waals surface area (Å²) in [5.41, 5.74) is -0.323. The van der Waals surface area contributed by atoms with Gasteiger partial charge in [-0.2, -0.15) is 13.2 Å². The first-order valence-electron chi connectivity index (χ1n) is 6.06. The van der Waals surface area contributed by atoms with E-state index in [9.17, 15) is 18.0 Å². The summed E-state index contributed by atoms with van der Waals surface area (Å²) in [7, 11) is 0. The minimum absolute atomic E-state index is 0.121. The first-order valence-corrected chi connectivity index (χ1v) is 6.82. The van der Waals surface area contributed by atoms with Crippen LogP contribution < -0.4 is 4.74 Å². The van der Waals surface area contributed by atoms with E-state index < -0.39 is 17.5 Å². The monoisotopic (exact) mass is 348 g/mol. The first kappa shape index (κ1) is 16.6. The van der Waals surface area contributed by atoms with Crippen LogP contribution in [0.3, 0.4) is 0 Å². The van der Waals surface area contributed by atoms with Gasteiger partial charge in [-0.15, -0.1) is 0 Å². The molecule has 0 heterocycles. The van der Waals surface area contributed by atoms with Gasteiger partial charge >= 0.3 is 6.18 Å². The smallest absolute Gasteiger partial charge is 0.454 e. The molecule has 7 heteroatoms. The second-order valence-electron chi connectivity index (χ2n) is 4.35. The summed E-state index contributed by atoms with van der Waals surface area (Å²) >= 11 is 11.7. The van der Waals surface area contributed by atoms with Crippen LogP contribution in [0.4, 0.5) is 13.2 Å². The lowest BCUT2D eigenvalue weighted by atomic mass is 10.0. The van der Waals surface area contributed by atoms with Crippen LogP contribution in [0.5, 0.6) is 5.75 Å². The Balaban J connectivity index is 2.22. The molecule has 0 amide bonds. The Morgan fingerprint density at radius 3 is 2.41 bits per heavy atom. The van der Waals surface area contributed by atoms with Crippen molar-refractivity contribution in [2.45, 2.75) is 12.8 Å². The van der Waals surface area contributed by atoms with E-state index in [-0.39, 0.29) is 22.9 Å². The van der Waals surface area contributed by atoms with E-state index in [0.717, 1.165) is 6.07 Å². The molecule has 0 aliphatic carbocycles. The van der Waals surface area contributed by atoms with Gasteiger partial charge in [0.15, 0.2) is 0 Å². The molecule has 0 saturated heterocycles. The number of carbonyl (C=O) groups is 1. The highest BCUT2D eigenvalue weighted by Gasteiger charge is 2.40. The van der Waals surface area contributed by atoms with Crippen LogP contribution in [0.15, 0.2) is 42.5 Å². The van der Waals surface area contributed by atoms with E-state index in [1.807, 2.05) is 0 Å². The highest BCUT2D eigenvalue weighted by atomic mass is 35.5. The van der Waals surface area contributed by atoms with Crippen molar-refractivity contribution in [1.82, 2.24) is 0 Å². The van der Waals surface area contributed by atoms with Crippen molar-refractivity contribution in [3.63, 3.8) is 0 Å². The molecule has 0 unspecified atom stereocenters. The first-order chi connectivity index (χ1) is 10.3. The number of carbonyl (C=O) groups excluding carboxylic acids is 1. The molecule has 2 rings (SSSR count). The Hall–Kier alpha value is -1.72. The van der Waals surface area contributed by atoms with Gasteiger partial charge in [-0.3, -0.25) is 4.79 Å². The maximum atomic E-state index is 12.6. The van der Waals surface area contributed by atoms with Crippen molar-refractivity contribution >= 4 is 29.0 Å². The topological polar surface area (TPSA) is 26.3 Å².